The topological polar surface area (TPSA) is 115 Å². The van der Waals surface area contributed by atoms with Gasteiger partial charge in [0.25, 0.3) is 0 Å². The van der Waals surface area contributed by atoms with Gasteiger partial charge in [-0.1, -0.05) is 0 Å². The van der Waals surface area contributed by atoms with Gasteiger partial charge in [0.1, 0.15) is 11.3 Å². The molecule has 0 bridgehead atoms. The standard InChI is InChI=1S/C22H23N9O2/c1-32-16-8-19-22(25-10-16)18(4-6-23-19)24-11-21-28-27-20-3-2-17(29-31(20)21)14-9-26-30(12-14)15-5-7-33-13-15/h2-4,6,8-10,14-15H,5,7,11-13H2,1H3,(H,23,24). The molecule has 4 aromatic rings. The van der Waals surface area contributed by atoms with E-state index < -0.39 is 0 Å². The second-order valence-electron chi connectivity index (χ2n) is 8.11. The molecule has 6 rings (SSSR count). The van der Waals surface area contributed by atoms with Crippen molar-refractivity contribution in [2.75, 3.05) is 32.2 Å². The first-order chi connectivity index (χ1) is 16.3. The monoisotopic (exact) mass is 445 g/mol. The van der Waals surface area contributed by atoms with Crippen LogP contribution >= 0.6 is 0 Å². The summed E-state index contributed by atoms with van der Waals surface area (Å²) in [5, 5.41) is 23.5. The van der Waals surface area contributed by atoms with E-state index in [1.54, 1.807) is 24.0 Å². The van der Waals surface area contributed by atoms with Crippen LogP contribution in [0.3, 0.4) is 0 Å². The summed E-state index contributed by atoms with van der Waals surface area (Å²) < 4.78 is 12.5. The molecule has 0 spiro atoms. The molecular formula is C22H23N9O2. The Morgan fingerprint density at radius 3 is 3.06 bits per heavy atom. The number of aromatic nitrogens is 6. The van der Waals surface area contributed by atoms with E-state index in [0.29, 0.717) is 29.8 Å². The van der Waals surface area contributed by atoms with Crippen LogP contribution < -0.4 is 10.1 Å². The summed E-state index contributed by atoms with van der Waals surface area (Å²) in [6, 6.07) is 8.05. The van der Waals surface area contributed by atoms with Crippen molar-refractivity contribution < 1.29 is 9.47 Å². The minimum Gasteiger partial charge on any atom is -0.495 e. The van der Waals surface area contributed by atoms with Gasteiger partial charge >= 0.3 is 0 Å². The van der Waals surface area contributed by atoms with Crippen molar-refractivity contribution in [1.29, 1.82) is 0 Å². The summed E-state index contributed by atoms with van der Waals surface area (Å²) in [4.78, 5) is 8.87. The molecule has 0 radical (unpaired) electrons. The zero-order valence-electron chi connectivity index (χ0n) is 18.1. The number of hydrazone groups is 1. The molecule has 1 N–H and O–H groups in total. The molecule has 6 heterocycles. The molecule has 2 aliphatic heterocycles. The fourth-order valence-corrected chi connectivity index (χ4v) is 4.23. The molecule has 0 aliphatic carbocycles. The highest BCUT2D eigenvalue weighted by Gasteiger charge is 2.29. The van der Waals surface area contributed by atoms with Crippen molar-refractivity contribution in [2.24, 2.45) is 5.10 Å². The third kappa shape index (κ3) is 3.69. The zero-order chi connectivity index (χ0) is 22.2. The fourth-order valence-electron chi connectivity index (χ4n) is 4.23. The van der Waals surface area contributed by atoms with E-state index in [-0.39, 0.29) is 5.92 Å². The maximum Gasteiger partial charge on any atom is 0.177 e. The van der Waals surface area contributed by atoms with Gasteiger partial charge in [0.15, 0.2) is 11.5 Å². The lowest BCUT2D eigenvalue weighted by Gasteiger charge is -2.21. The number of fused-ring (bicyclic) bond motifs is 2. The summed E-state index contributed by atoms with van der Waals surface area (Å²) in [5.74, 6) is 1.50. The van der Waals surface area contributed by atoms with Crippen LogP contribution in [0.2, 0.25) is 0 Å². The minimum atomic E-state index is 0.126. The Labute approximate surface area is 189 Å². The van der Waals surface area contributed by atoms with Crippen LogP contribution in [0, 0.1) is 0 Å². The van der Waals surface area contributed by atoms with Crippen LogP contribution in [0.1, 0.15) is 23.9 Å². The van der Waals surface area contributed by atoms with Crippen LogP contribution in [0.5, 0.6) is 5.75 Å². The number of anilines is 1. The smallest absolute Gasteiger partial charge is 0.177 e. The summed E-state index contributed by atoms with van der Waals surface area (Å²) in [6.45, 7) is 2.79. The average molecular weight is 445 g/mol. The quantitative estimate of drug-likeness (QED) is 0.475. The Balaban J connectivity index is 1.22. The van der Waals surface area contributed by atoms with Crippen LogP contribution in [0.15, 0.2) is 41.8 Å². The van der Waals surface area contributed by atoms with Gasteiger partial charge in [-0.25, -0.2) is 4.98 Å². The first-order valence-corrected chi connectivity index (χ1v) is 10.9. The molecule has 1 saturated heterocycles. The lowest BCUT2D eigenvalue weighted by atomic mass is 10.1. The Kier molecular flexibility index (Phi) is 4.95. The predicted molar refractivity (Wildman–Crippen MR) is 121 cm³/mol. The normalized spacial score (nSPS) is 20.2. The van der Waals surface area contributed by atoms with Crippen molar-refractivity contribution >= 4 is 28.6 Å². The molecule has 0 saturated carbocycles. The number of rotatable bonds is 6. The number of methoxy groups -OCH3 is 1. The van der Waals surface area contributed by atoms with Gasteiger partial charge in [0, 0.05) is 31.6 Å². The van der Waals surface area contributed by atoms with Crippen LogP contribution in [-0.2, 0) is 11.3 Å². The number of nitrogens with one attached hydrogen (secondary N) is 1. The Morgan fingerprint density at radius 1 is 1.21 bits per heavy atom. The van der Waals surface area contributed by atoms with E-state index in [0.717, 1.165) is 48.6 Å². The lowest BCUT2D eigenvalue weighted by molar-refractivity contribution is 0.152. The van der Waals surface area contributed by atoms with Crippen molar-refractivity contribution in [1.82, 2.24) is 34.8 Å². The first kappa shape index (κ1) is 19.8. The Morgan fingerprint density at radius 2 is 2.18 bits per heavy atom. The number of pyridine rings is 2. The third-order valence-corrected chi connectivity index (χ3v) is 6.06. The molecule has 33 heavy (non-hydrogen) atoms. The zero-order valence-corrected chi connectivity index (χ0v) is 18.1. The molecule has 168 valence electrons. The lowest BCUT2D eigenvalue weighted by Crippen LogP contribution is -2.30. The highest BCUT2D eigenvalue weighted by molar-refractivity contribution is 5.87. The van der Waals surface area contributed by atoms with Gasteiger partial charge in [-0.2, -0.15) is 14.7 Å². The van der Waals surface area contributed by atoms with Gasteiger partial charge in [-0.05, 0) is 24.6 Å². The second kappa shape index (κ2) is 8.24. The van der Waals surface area contributed by atoms with Crippen LogP contribution in [0.25, 0.3) is 16.7 Å². The van der Waals surface area contributed by atoms with Crippen LogP contribution in [0.4, 0.5) is 5.69 Å². The number of ether oxygens (including phenoxy) is 2. The number of hydrogen-bond acceptors (Lipinski definition) is 10. The van der Waals surface area contributed by atoms with E-state index >= 15 is 0 Å². The maximum absolute atomic E-state index is 5.50. The molecule has 2 unspecified atom stereocenters. The summed E-state index contributed by atoms with van der Waals surface area (Å²) in [7, 11) is 1.61. The molecule has 11 heteroatoms. The van der Waals surface area contributed by atoms with Gasteiger partial charge in [-0.3, -0.25) is 9.99 Å². The summed E-state index contributed by atoms with van der Waals surface area (Å²) >= 11 is 0. The van der Waals surface area contributed by atoms with Gasteiger partial charge < -0.3 is 14.8 Å². The third-order valence-electron chi connectivity index (χ3n) is 6.06. The molecular weight excluding hydrogens is 422 g/mol. The van der Waals surface area contributed by atoms with Crippen molar-refractivity contribution in [3.8, 4) is 5.75 Å². The SMILES string of the molecule is COc1cnc2c(NCc3nnc4ccc(C5C=NN(C6CCOC6)C5)nn34)ccnc2c1. The largest absolute Gasteiger partial charge is 0.495 e. The highest BCUT2D eigenvalue weighted by atomic mass is 16.5. The molecule has 2 atom stereocenters. The van der Waals surface area contributed by atoms with Gasteiger partial charge in [0.05, 0.1) is 55.3 Å². The van der Waals surface area contributed by atoms with Gasteiger partial charge in [-0.15, -0.1) is 10.2 Å². The second-order valence-corrected chi connectivity index (χ2v) is 8.11. The van der Waals surface area contributed by atoms with E-state index in [1.165, 1.54) is 0 Å². The predicted octanol–water partition coefficient (Wildman–Crippen LogP) is 1.86. The fraction of sp³-hybridized carbons (Fsp3) is 0.364. The number of hydrogen-bond donors (Lipinski definition) is 1. The van der Waals surface area contributed by atoms with Crippen LogP contribution in [-0.4, -0.2) is 73.9 Å². The number of nitrogens with zero attached hydrogens (tertiary/aromatic N) is 8. The van der Waals surface area contributed by atoms with Crippen molar-refractivity contribution in [3.63, 3.8) is 0 Å². The van der Waals surface area contributed by atoms with E-state index in [2.05, 4.69) is 35.6 Å². The Bertz CT molecular complexity index is 1330. The first-order valence-electron chi connectivity index (χ1n) is 10.9. The van der Waals surface area contributed by atoms with Gasteiger partial charge in [0.2, 0.25) is 0 Å². The van der Waals surface area contributed by atoms with E-state index in [1.807, 2.05) is 30.5 Å². The molecule has 4 aromatic heterocycles. The maximum atomic E-state index is 5.50. The molecule has 1 fully saturated rings. The molecule has 0 amide bonds. The molecule has 11 nitrogen and oxygen atoms in total. The van der Waals surface area contributed by atoms with Crippen molar-refractivity contribution in [3.05, 3.63) is 48.2 Å². The minimum absolute atomic E-state index is 0.126. The van der Waals surface area contributed by atoms with E-state index in [4.69, 9.17) is 14.6 Å². The highest BCUT2D eigenvalue weighted by Crippen LogP contribution is 2.25. The molecule has 2 aliphatic rings. The van der Waals surface area contributed by atoms with E-state index in [9.17, 15) is 0 Å². The Hall–Kier alpha value is -3.86. The van der Waals surface area contributed by atoms with Crippen molar-refractivity contribution in [2.45, 2.75) is 24.9 Å². The molecule has 0 aromatic carbocycles. The average Bonchev–Trinajstić information content (AvgIpc) is 3.62. The summed E-state index contributed by atoms with van der Waals surface area (Å²) in [6.07, 6.45) is 6.41. The summed E-state index contributed by atoms with van der Waals surface area (Å²) in [5.41, 5.74) is 4.02.